The molecule has 6 heteroatoms. The number of rotatable bonds is 7. The predicted octanol–water partition coefficient (Wildman–Crippen LogP) is 3.17. The van der Waals surface area contributed by atoms with Crippen LogP contribution in [0.1, 0.15) is 38.2 Å². The van der Waals surface area contributed by atoms with Gasteiger partial charge in [0.25, 0.3) is 0 Å². The number of hydrogen-bond acceptors (Lipinski definition) is 3. The zero-order valence-electron chi connectivity index (χ0n) is 16.2. The monoisotopic (exact) mass is 472 g/mol. The predicted molar refractivity (Wildman–Crippen MR) is 119 cm³/mol. The summed E-state index contributed by atoms with van der Waals surface area (Å²) in [6, 6.07) is 10.2. The molecule has 0 radical (unpaired) electrons. The third kappa shape index (κ3) is 6.01. The van der Waals surface area contributed by atoms with Gasteiger partial charge < -0.3 is 15.4 Å². The van der Waals surface area contributed by atoms with Crippen LogP contribution in [0.2, 0.25) is 0 Å². The molecule has 1 heterocycles. The van der Waals surface area contributed by atoms with Crippen molar-refractivity contribution in [2.45, 2.75) is 57.7 Å². The average Bonchev–Trinajstić information content (AvgIpc) is 3.38. The zero-order chi connectivity index (χ0) is 17.6. The SMILES string of the molecule is CN=C(NCCCOc1ccccc1C)NC1CC(C)N(C2CC2)C1.I. The Bertz CT molecular complexity index is 591. The van der Waals surface area contributed by atoms with Gasteiger partial charge in [-0.3, -0.25) is 9.89 Å². The fourth-order valence-electron chi connectivity index (χ4n) is 3.64. The van der Waals surface area contributed by atoms with Crippen molar-refractivity contribution in [1.82, 2.24) is 15.5 Å². The van der Waals surface area contributed by atoms with Gasteiger partial charge in [0.15, 0.2) is 5.96 Å². The van der Waals surface area contributed by atoms with Crippen LogP contribution in [0.4, 0.5) is 0 Å². The highest BCUT2D eigenvalue weighted by molar-refractivity contribution is 14.0. The second-order valence-electron chi connectivity index (χ2n) is 7.32. The molecule has 0 aromatic heterocycles. The van der Waals surface area contributed by atoms with Crippen LogP contribution < -0.4 is 15.4 Å². The maximum atomic E-state index is 5.84. The van der Waals surface area contributed by atoms with Gasteiger partial charge in [0.05, 0.1) is 6.61 Å². The number of hydrogen-bond donors (Lipinski definition) is 2. The standard InChI is InChI=1S/C20H32N4O.HI/c1-15-7-4-5-8-19(15)25-12-6-11-22-20(21-3)23-17-13-16(2)24(14-17)18-9-10-18;/h4-5,7-8,16-18H,6,9-14H2,1-3H3,(H2,21,22,23);1H. The summed E-state index contributed by atoms with van der Waals surface area (Å²) in [6.45, 7) is 7.14. The minimum Gasteiger partial charge on any atom is -0.493 e. The fraction of sp³-hybridized carbons (Fsp3) is 0.650. The molecule has 1 aliphatic carbocycles. The van der Waals surface area contributed by atoms with E-state index in [9.17, 15) is 0 Å². The van der Waals surface area contributed by atoms with Crippen LogP contribution in [0.5, 0.6) is 5.75 Å². The molecule has 5 nitrogen and oxygen atoms in total. The van der Waals surface area contributed by atoms with Crippen molar-refractivity contribution in [3.8, 4) is 5.75 Å². The van der Waals surface area contributed by atoms with Gasteiger partial charge in [-0.25, -0.2) is 0 Å². The maximum absolute atomic E-state index is 5.84. The summed E-state index contributed by atoms with van der Waals surface area (Å²) in [7, 11) is 1.84. The number of halogens is 1. The number of para-hydroxylation sites is 1. The Morgan fingerprint density at radius 2 is 2.08 bits per heavy atom. The highest BCUT2D eigenvalue weighted by atomic mass is 127. The summed E-state index contributed by atoms with van der Waals surface area (Å²) in [5.74, 6) is 1.89. The molecule has 2 unspecified atom stereocenters. The lowest BCUT2D eigenvalue weighted by molar-refractivity contribution is 0.256. The first-order valence-electron chi connectivity index (χ1n) is 9.58. The second-order valence-corrected chi connectivity index (χ2v) is 7.32. The van der Waals surface area contributed by atoms with Crippen molar-refractivity contribution in [3.05, 3.63) is 29.8 Å². The lowest BCUT2D eigenvalue weighted by Crippen LogP contribution is -2.45. The summed E-state index contributed by atoms with van der Waals surface area (Å²) >= 11 is 0. The van der Waals surface area contributed by atoms with Gasteiger partial charge >= 0.3 is 0 Å². The van der Waals surface area contributed by atoms with Crippen LogP contribution in [0, 0.1) is 6.92 Å². The molecule has 0 spiro atoms. The van der Waals surface area contributed by atoms with Gasteiger partial charge in [0, 0.05) is 38.3 Å². The van der Waals surface area contributed by atoms with Crippen molar-refractivity contribution in [1.29, 1.82) is 0 Å². The van der Waals surface area contributed by atoms with E-state index in [1.165, 1.54) is 24.8 Å². The zero-order valence-corrected chi connectivity index (χ0v) is 18.5. The molecule has 2 aliphatic rings. The minimum atomic E-state index is 0. The lowest BCUT2D eigenvalue weighted by atomic mass is 10.2. The molecule has 26 heavy (non-hydrogen) atoms. The van der Waals surface area contributed by atoms with E-state index < -0.39 is 0 Å². The number of likely N-dealkylation sites (tertiary alicyclic amines) is 1. The first kappa shape index (κ1) is 21.3. The Morgan fingerprint density at radius 1 is 1.31 bits per heavy atom. The van der Waals surface area contributed by atoms with E-state index in [-0.39, 0.29) is 24.0 Å². The van der Waals surface area contributed by atoms with E-state index in [2.05, 4.69) is 40.4 Å². The summed E-state index contributed by atoms with van der Waals surface area (Å²) < 4.78 is 5.84. The quantitative estimate of drug-likeness (QED) is 0.277. The van der Waals surface area contributed by atoms with Crippen LogP contribution >= 0.6 is 24.0 Å². The molecule has 146 valence electrons. The average molecular weight is 472 g/mol. The molecule has 1 saturated carbocycles. The molecular weight excluding hydrogens is 439 g/mol. The second kappa shape index (κ2) is 10.3. The number of nitrogens with zero attached hydrogens (tertiary/aromatic N) is 2. The normalized spacial score (nSPS) is 23.4. The van der Waals surface area contributed by atoms with Gasteiger partial charge in [-0.05, 0) is 51.2 Å². The number of guanidine groups is 1. The Morgan fingerprint density at radius 3 is 2.77 bits per heavy atom. The Labute approximate surface area is 175 Å². The molecule has 3 rings (SSSR count). The molecule has 1 aliphatic heterocycles. The minimum absolute atomic E-state index is 0. The van der Waals surface area contributed by atoms with E-state index in [0.717, 1.165) is 37.3 Å². The first-order valence-corrected chi connectivity index (χ1v) is 9.58. The highest BCUT2D eigenvalue weighted by Crippen LogP contribution is 2.33. The van der Waals surface area contributed by atoms with Gasteiger partial charge in [0.2, 0.25) is 0 Å². The Balaban J connectivity index is 0.00000243. The summed E-state index contributed by atoms with van der Waals surface area (Å²) in [4.78, 5) is 7.02. The van der Waals surface area contributed by atoms with Gasteiger partial charge in [-0.15, -0.1) is 24.0 Å². The fourth-order valence-corrected chi connectivity index (χ4v) is 3.64. The number of nitrogens with one attached hydrogen (secondary N) is 2. The smallest absolute Gasteiger partial charge is 0.191 e. The maximum Gasteiger partial charge on any atom is 0.191 e. The van der Waals surface area contributed by atoms with E-state index in [4.69, 9.17) is 4.74 Å². The van der Waals surface area contributed by atoms with E-state index in [1.807, 2.05) is 25.2 Å². The van der Waals surface area contributed by atoms with Gasteiger partial charge in [-0.2, -0.15) is 0 Å². The number of ether oxygens (including phenoxy) is 1. The molecule has 1 saturated heterocycles. The van der Waals surface area contributed by atoms with E-state index >= 15 is 0 Å². The van der Waals surface area contributed by atoms with Crippen LogP contribution in [0.3, 0.4) is 0 Å². The summed E-state index contributed by atoms with van der Waals surface area (Å²) in [5, 5.41) is 6.99. The van der Waals surface area contributed by atoms with Crippen molar-refractivity contribution in [3.63, 3.8) is 0 Å². The third-order valence-corrected chi connectivity index (χ3v) is 5.17. The topological polar surface area (TPSA) is 48.9 Å². The molecule has 1 aromatic rings. The van der Waals surface area contributed by atoms with Crippen LogP contribution in [0.15, 0.2) is 29.3 Å². The Hall–Kier alpha value is -1.02. The summed E-state index contributed by atoms with van der Waals surface area (Å²) in [5.41, 5.74) is 1.18. The molecular formula is C20H33IN4O. The molecule has 2 fully saturated rings. The molecule has 1 aromatic carbocycles. The van der Waals surface area contributed by atoms with Crippen molar-refractivity contribution in [2.24, 2.45) is 4.99 Å². The van der Waals surface area contributed by atoms with Gasteiger partial charge in [0.1, 0.15) is 5.75 Å². The Kier molecular flexibility index (Phi) is 8.47. The van der Waals surface area contributed by atoms with Crippen molar-refractivity contribution in [2.75, 3.05) is 26.7 Å². The third-order valence-electron chi connectivity index (χ3n) is 5.17. The van der Waals surface area contributed by atoms with E-state index in [1.54, 1.807) is 0 Å². The molecule has 0 bridgehead atoms. The van der Waals surface area contributed by atoms with E-state index in [0.29, 0.717) is 18.7 Å². The summed E-state index contributed by atoms with van der Waals surface area (Å²) in [6.07, 6.45) is 4.91. The molecule has 0 amide bonds. The highest BCUT2D eigenvalue weighted by Gasteiger charge is 2.38. The van der Waals surface area contributed by atoms with Crippen LogP contribution in [-0.4, -0.2) is 55.7 Å². The number of aryl methyl sites for hydroxylation is 1. The number of aliphatic imine (C=N–C) groups is 1. The largest absolute Gasteiger partial charge is 0.493 e. The van der Waals surface area contributed by atoms with Crippen LogP contribution in [0.25, 0.3) is 0 Å². The lowest BCUT2D eigenvalue weighted by Gasteiger charge is -2.20. The van der Waals surface area contributed by atoms with Gasteiger partial charge in [-0.1, -0.05) is 18.2 Å². The number of benzene rings is 1. The molecule has 2 atom stereocenters. The molecule has 2 N–H and O–H groups in total. The van der Waals surface area contributed by atoms with Crippen molar-refractivity contribution >= 4 is 29.9 Å². The first-order chi connectivity index (χ1) is 12.2. The van der Waals surface area contributed by atoms with Crippen LogP contribution in [-0.2, 0) is 0 Å². The van der Waals surface area contributed by atoms with Crippen molar-refractivity contribution < 1.29 is 4.74 Å².